The van der Waals surface area contributed by atoms with Crippen molar-refractivity contribution in [3.63, 3.8) is 0 Å². The van der Waals surface area contributed by atoms with Crippen LogP contribution in [0.1, 0.15) is 15.9 Å². The Hall–Kier alpha value is -2.00. The number of rotatable bonds is 4. The topological polar surface area (TPSA) is 56.0 Å². The average Bonchev–Trinajstić information content (AvgIpc) is 2.40. The molecule has 1 aromatic heterocycles. The van der Waals surface area contributed by atoms with Crippen LogP contribution in [0.4, 0.5) is 0 Å². The van der Waals surface area contributed by atoms with Crippen LogP contribution in [0.3, 0.4) is 0 Å². The normalized spacial score (nSPS) is 12.1. The lowest BCUT2D eigenvalue weighted by Gasteiger charge is -2.10. The molecular weight excluding hydrogens is 212 g/mol. The van der Waals surface area contributed by atoms with Crippen LogP contribution in [-0.4, -0.2) is 16.8 Å². The number of nitrogens with zero attached hydrogens (tertiary/aromatic N) is 1. The number of aromatic nitrogens is 1. The van der Waals surface area contributed by atoms with E-state index < -0.39 is 6.04 Å². The van der Waals surface area contributed by atoms with Crippen LogP contribution in [0, 0.1) is 0 Å². The Morgan fingerprint density at radius 2 is 1.94 bits per heavy atom. The lowest BCUT2D eigenvalue weighted by Crippen LogP contribution is -2.32. The number of nitrogens with two attached hydrogens (primary N) is 1. The van der Waals surface area contributed by atoms with Gasteiger partial charge in [-0.3, -0.25) is 9.78 Å². The lowest BCUT2D eigenvalue weighted by molar-refractivity contribution is 0.0960. The molecule has 17 heavy (non-hydrogen) atoms. The highest BCUT2D eigenvalue weighted by atomic mass is 16.1. The van der Waals surface area contributed by atoms with Gasteiger partial charge >= 0.3 is 0 Å². The number of hydrogen-bond donors (Lipinski definition) is 1. The number of pyridine rings is 1. The van der Waals surface area contributed by atoms with Gasteiger partial charge in [0.15, 0.2) is 5.78 Å². The molecule has 0 saturated heterocycles. The summed E-state index contributed by atoms with van der Waals surface area (Å²) in [6, 6.07) is 12.7. The standard InChI is InChI=1S/C14H14N2O/c15-13(9-11-5-2-1-3-6-11)14(17)12-7-4-8-16-10-12/h1-8,10,13H,9,15H2. The second-order valence-corrected chi connectivity index (χ2v) is 3.90. The van der Waals surface area contributed by atoms with Crippen molar-refractivity contribution < 1.29 is 4.79 Å². The van der Waals surface area contributed by atoms with E-state index in [2.05, 4.69) is 4.98 Å². The summed E-state index contributed by atoms with van der Waals surface area (Å²) in [5.74, 6) is -0.0676. The molecule has 0 bridgehead atoms. The van der Waals surface area contributed by atoms with E-state index in [0.29, 0.717) is 12.0 Å². The molecular formula is C14H14N2O. The SMILES string of the molecule is NC(Cc1ccccc1)C(=O)c1cccnc1. The third-order valence-electron chi connectivity index (χ3n) is 2.58. The van der Waals surface area contributed by atoms with E-state index in [4.69, 9.17) is 5.73 Å². The molecule has 0 radical (unpaired) electrons. The molecule has 0 aliphatic carbocycles. The van der Waals surface area contributed by atoms with Gasteiger partial charge in [0.25, 0.3) is 0 Å². The average molecular weight is 226 g/mol. The van der Waals surface area contributed by atoms with Crippen LogP contribution in [0.5, 0.6) is 0 Å². The van der Waals surface area contributed by atoms with Crippen LogP contribution >= 0.6 is 0 Å². The highest BCUT2D eigenvalue weighted by molar-refractivity contribution is 5.99. The first-order valence-electron chi connectivity index (χ1n) is 5.51. The molecule has 3 heteroatoms. The van der Waals surface area contributed by atoms with Gasteiger partial charge in [0.05, 0.1) is 6.04 Å². The first-order chi connectivity index (χ1) is 8.27. The summed E-state index contributed by atoms with van der Waals surface area (Å²) in [6.07, 6.45) is 3.74. The van der Waals surface area contributed by atoms with Gasteiger partial charge in [-0.2, -0.15) is 0 Å². The van der Waals surface area contributed by atoms with Crippen LogP contribution in [0.15, 0.2) is 54.9 Å². The second-order valence-electron chi connectivity index (χ2n) is 3.90. The molecule has 0 aliphatic heterocycles. The fourth-order valence-electron chi connectivity index (χ4n) is 1.68. The number of Topliss-reactive ketones (excluding diaryl/α,β-unsaturated/α-hetero) is 1. The molecule has 0 spiro atoms. The van der Waals surface area contributed by atoms with Gasteiger partial charge in [0.1, 0.15) is 0 Å². The second kappa shape index (κ2) is 5.37. The van der Waals surface area contributed by atoms with E-state index in [1.54, 1.807) is 24.5 Å². The maximum Gasteiger partial charge on any atom is 0.181 e. The summed E-state index contributed by atoms with van der Waals surface area (Å²) in [4.78, 5) is 15.9. The van der Waals surface area contributed by atoms with Crippen molar-refractivity contribution in [1.82, 2.24) is 4.98 Å². The minimum Gasteiger partial charge on any atom is -0.321 e. The maximum atomic E-state index is 12.0. The third-order valence-corrected chi connectivity index (χ3v) is 2.58. The Bertz CT molecular complexity index is 482. The lowest BCUT2D eigenvalue weighted by atomic mass is 9.99. The molecule has 0 aliphatic rings. The predicted octanol–water partition coefficient (Wildman–Crippen LogP) is 1.83. The minimum absolute atomic E-state index is 0.0676. The van der Waals surface area contributed by atoms with Crippen LogP contribution in [0.2, 0.25) is 0 Å². The van der Waals surface area contributed by atoms with E-state index in [-0.39, 0.29) is 5.78 Å². The van der Waals surface area contributed by atoms with E-state index in [9.17, 15) is 4.79 Å². The van der Waals surface area contributed by atoms with E-state index in [1.807, 2.05) is 30.3 Å². The summed E-state index contributed by atoms with van der Waals surface area (Å²) in [7, 11) is 0. The molecule has 86 valence electrons. The predicted molar refractivity (Wildman–Crippen MR) is 66.7 cm³/mol. The Morgan fingerprint density at radius 3 is 2.59 bits per heavy atom. The van der Waals surface area contributed by atoms with E-state index in [0.717, 1.165) is 5.56 Å². The van der Waals surface area contributed by atoms with Crippen LogP contribution in [-0.2, 0) is 6.42 Å². The first-order valence-corrected chi connectivity index (χ1v) is 5.51. The molecule has 2 N–H and O–H groups in total. The molecule has 2 aromatic rings. The zero-order valence-corrected chi connectivity index (χ0v) is 9.41. The smallest absolute Gasteiger partial charge is 0.181 e. The fraction of sp³-hybridized carbons (Fsp3) is 0.143. The molecule has 1 heterocycles. The maximum absolute atomic E-state index is 12.0. The van der Waals surface area contributed by atoms with Crippen molar-refractivity contribution in [3.8, 4) is 0 Å². The van der Waals surface area contributed by atoms with Crippen molar-refractivity contribution in [2.24, 2.45) is 5.73 Å². The summed E-state index contributed by atoms with van der Waals surface area (Å²) >= 11 is 0. The van der Waals surface area contributed by atoms with Gasteiger partial charge in [-0.1, -0.05) is 30.3 Å². The molecule has 0 saturated carbocycles. The monoisotopic (exact) mass is 226 g/mol. The third kappa shape index (κ3) is 2.98. The first kappa shape index (κ1) is 11.5. The van der Waals surface area contributed by atoms with Crippen molar-refractivity contribution in [2.45, 2.75) is 12.5 Å². The quantitative estimate of drug-likeness (QED) is 0.809. The Morgan fingerprint density at radius 1 is 1.18 bits per heavy atom. The van der Waals surface area contributed by atoms with Gasteiger partial charge < -0.3 is 5.73 Å². The molecule has 0 amide bonds. The van der Waals surface area contributed by atoms with Crippen molar-refractivity contribution in [3.05, 3.63) is 66.0 Å². The summed E-state index contributed by atoms with van der Waals surface area (Å²) in [5, 5.41) is 0. The van der Waals surface area contributed by atoms with Gasteiger partial charge in [-0.15, -0.1) is 0 Å². The van der Waals surface area contributed by atoms with Crippen LogP contribution < -0.4 is 5.73 Å². The number of benzene rings is 1. The molecule has 0 fully saturated rings. The number of ketones is 1. The summed E-state index contributed by atoms with van der Waals surface area (Å²) in [5.41, 5.74) is 7.54. The molecule has 3 nitrogen and oxygen atoms in total. The van der Waals surface area contributed by atoms with Crippen molar-refractivity contribution >= 4 is 5.78 Å². The Kier molecular flexibility index (Phi) is 3.62. The highest BCUT2D eigenvalue weighted by Crippen LogP contribution is 2.06. The number of carbonyl (C=O) groups excluding carboxylic acids is 1. The largest absolute Gasteiger partial charge is 0.321 e. The van der Waals surface area contributed by atoms with E-state index >= 15 is 0 Å². The van der Waals surface area contributed by atoms with Gasteiger partial charge in [-0.25, -0.2) is 0 Å². The molecule has 1 aromatic carbocycles. The Labute approximate surface area is 100 Å². The van der Waals surface area contributed by atoms with Gasteiger partial charge in [0.2, 0.25) is 0 Å². The van der Waals surface area contributed by atoms with Gasteiger partial charge in [-0.05, 0) is 24.1 Å². The molecule has 1 unspecified atom stereocenters. The molecule has 2 rings (SSSR count). The zero-order valence-electron chi connectivity index (χ0n) is 9.41. The molecule has 1 atom stereocenters. The Balaban J connectivity index is 2.06. The number of carbonyl (C=O) groups is 1. The van der Waals surface area contributed by atoms with Gasteiger partial charge in [0, 0.05) is 18.0 Å². The van der Waals surface area contributed by atoms with Crippen molar-refractivity contribution in [1.29, 1.82) is 0 Å². The highest BCUT2D eigenvalue weighted by Gasteiger charge is 2.15. The summed E-state index contributed by atoms with van der Waals surface area (Å²) < 4.78 is 0. The summed E-state index contributed by atoms with van der Waals surface area (Å²) in [6.45, 7) is 0. The number of hydrogen-bond acceptors (Lipinski definition) is 3. The van der Waals surface area contributed by atoms with Crippen LogP contribution in [0.25, 0.3) is 0 Å². The fourth-order valence-corrected chi connectivity index (χ4v) is 1.68. The zero-order chi connectivity index (χ0) is 12.1. The van der Waals surface area contributed by atoms with E-state index in [1.165, 1.54) is 0 Å². The van der Waals surface area contributed by atoms with Crippen molar-refractivity contribution in [2.75, 3.05) is 0 Å². The minimum atomic E-state index is -0.512.